The molecule has 0 unspecified atom stereocenters. The Bertz CT molecular complexity index is 545. The van der Waals surface area contributed by atoms with Crippen LogP contribution in [0.15, 0.2) is 16.9 Å². The van der Waals surface area contributed by atoms with Crippen molar-refractivity contribution in [3.8, 4) is 0 Å². The Labute approximate surface area is 125 Å². The van der Waals surface area contributed by atoms with Crippen LogP contribution < -0.4 is 11.3 Å². The number of hydrogen-bond acceptors (Lipinski definition) is 3. The SMILES string of the molecule is CCCN(C(=O)c1ccc(C)[nH]c1=O)C1CCC(N)CC1. The van der Waals surface area contributed by atoms with Crippen LogP contribution in [0.2, 0.25) is 0 Å². The minimum absolute atomic E-state index is 0.154. The molecule has 5 nitrogen and oxygen atoms in total. The van der Waals surface area contributed by atoms with Crippen molar-refractivity contribution in [3.05, 3.63) is 33.7 Å². The number of nitrogens with zero attached hydrogens (tertiary/aromatic N) is 1. The van der Waals surface area contributed by atoms with Gasteiger partial charge in [0.2, 0.25) is 0 Å². The summed E-state index contributed by atoms with van der Waals surface area (Å²) in [5, 5.41) is 0. The van der Waals surface area contributed by atoms with Gasteiger partial charge in [0.25, 0.3) is 11.5 Å². The maximum atomic E-state index is 12.7. The zero-order chi connectivity index (χ0) is 15.4. The molecule has 116 valence electrons. The average Bonchev–Trinajstić information content (AvgIpc) is 2.45. The second-order valence-electron chi connectivity index (χ2n) is 5.95. The van der Waals surface area contributed by atoms with Crippen LogP contribution in [0.3, 0.4) is 0 Å². The molecule has 5 heteroatoms. The molecule has 0 atom stereocenters. The second-order valence-corrected chi connectivity index (χ2v) is 5.95. The predicted octanol–water partition coefficient (Wildman–Crippen LogP) is 1.81. The number of rotatable bonds is 4. The maximum absolute atomic E-state index is 12.7. The van der Waals surface area contributed by atoms with Crippen LogP contribution in [0, 0.1) is 6.92 Å². The van der Waals surface area contributed by atoms with E-state index in [1.165, 1.54) is 0 Å². The van der Waals surface area contributed by atoms with Crippen molar-refractivity contribution in [2.75, 3.05) is 6.54 Å². The van der Waals surface area contributed by atoms with Gasteiger partial charge in [0.15, 0.2) is 0 Å². The number of aromatic nitrogens is 1. The summed E-state index contributed by atoms with van der Waals surface area (Å²) in [5.41, 5.74) is 6.65. The quantitative estimate of drug-likeness (QED) is 0.888. The van der Waals surface area contributed by atoms with E-state index in [-0.39, 0.29) is 29.1 Å². The van der Waals surface area contributed by atoms with Crippen LogP contribution in [0.25, 0.3) is 0 Å². The molecule has 1 fully saturated rings. The zero-order valence-electron chi connectivity index (χ0n) is 12.9. The summed E-state index contributed by atoms with van der Waals surface area (Å²) in [5.74, 6) is -0.154. The lowest BCUT2D eigenvalue weighted by Gasteiger charge is -2.36. The summed E-state index contributed by atoms with van der Waals surface area (Å²) in [7, 11) is 0. The molecular weight excluding hydrogens is 266 g/mol. The van der Waals surface area contributed by atoms with E-state index in [0.717, 1.165) is 37.8 Å². The Morgan fingerprint density at radius 3 is 2.57 bits per heavy atom. The molecule has 1 aliphatic carbocycles. The molecule has 1 saturated carbocycles. The molecule has 1 heterocycles. The highest BCUT2D eigenvalue weighted by Gasteiger charge is 2.28. The van der Waals surface area contributed by atoms with Gasteiger partial charge < -0.3 is 15.6 Å². The standard InChI is InChI=1S/C16H25N3O2/c1-3-10-19(13-7-5-12(17)6-8-13)16(21)14-9-4-11(2)18-15(14)20/h4,9,12-13H,3,5-8,10,17H2,1-2H3,(H,18,20). The van der Waals surface area contributed by atoms with Gasteiger partial charge >= 0.3 is 0 Å². The fourth-order valence-corrected chi connectivity index (χ4v) is 3.00. The van der Waals surface area contributed by atoms with Gasteiger partial charge in [-0.05, 0) is 51.2 Å². The Balaban J connectivity index is 2.21. The predicted molar refractivity (Wildman–Crippen MR) is 83.4 cm³/mol. The van der Waals surface area contributed by atoms with Gasteiger partial charge in [0.05, 0.1) is 0 Å². The van der Waals surface area contributed by atoms with Crippen molar-refractivity contribution in [3.63, 3.8) is 0 Å². The van der Waals surface area contributed by atoms with Crippen molar-refractivity contribution in [2.24, 2.45) is 5.73 Å². The molecule has 3 N–H and O–H groups in total. The molecule has 0 spiro atoms. The average molecular weight is 291 g/mol. The number of aromatic amines is 1. The van der Waals surface area contributed by atoms with Gasteiger partial charge in [-0.25, -0.2) is 0 Å². The lowest BCUT2D eigenvalue weighted by atomic mass is 9.90. The van der Waals surface area contributed by atoms with Crippen LogP contribution in [0.4, 0.5) is 0 Å². The lowest BCUT2D eigenvalue weighted by Crippen LogP contribution is -2.46. The first-order chi connectivity index (χ1) is 10.0. The van der Waals surface area contributed by atoms with Crippen LogP contribution in [0.1, 0.15) is 55.1 Å². The summed E-state index contributed by atoms with van der Waals surface area (Å²) in [6.07, 6.45) is 4.64. The Morgan fingerprint density at radius 2 is 2.00 bits per heavy atom. The molecule has 0 bridgehead atoms. The molecule has 1 aromatic rings. The molecule has 0 saturated heterocycles. The van der Waals surface area contributed by atoms with E-state index in [1.807, 2.05) is 18.7 Å². The van der Waals surface area contributed by atoms with Gasteiger partial charge in [0, 0.05) is 24.3 Å². The van der Waals surface area contributed by atoms with E-state index in [9.17, 15) is 9.59 Å². The van der Waals surface area contributed by atoms with Crippen molar-refractivity contribution in [1.29, 1.82) is 0 Å². The van der Waals surface area contributed by atoms with E-state index >= 15 is 0 Å². The first-order valence-electron chi connectivity index (χ1n) is 7.79. The second kappa shape index (κ2) is 6.89. The normalized spacial score (nSPS) is 22.0. The molecule has 1 aromatic heterocycles. The van der Waals surface area contributed by atoms with Crippen molar-refractivity contribution < 1.29 is 4.79 Å². The van der Waals surface area contributed by atoms with Gasteiger partial charge in [-0.2, -0.15) is 0 Å². The molecular formula is C16H25N3O2. The first-order valence-corrected chi connectivity index (χ1v) is 7.79. The third-order valence-electron chi connectivity index (χ3n) is 4.19. The molecule has 21 heavy (non-hydrogen) atoms. The van der Waals surface area contributed by atoms with E-state index in [4.69, 9.17) is 5.73 Å². The van der Waals surface area contributed by atoms with Crippen LogP contribution in [0.5, 0.6) is 0 Å². The summed E-state index contributed by atoms with van der Waals surface area (Å²) < 4.78 is 0. The zero-order valence-corrected chi connectivity index (χ0v) is 12.9. The molecule has 1 aliphatic rings. The molecule has 1 amide bonds. The van der Waals surface area contributed by atoms with Crippen molar-refractivity contribution >= 4 is 5.91 Å². The van der Waals surface area contributed by atoms with Gasteiger partial charge in [0.1, 0.15) is 5.56 Å². The highest BCUT2D eigenvalue weighted by Crippen LogP contribution is 2.23. The number of carbonyl (C=O) groups is 1. The van der Waals surface area contributed by atoms with E-state index in [0.29, 0.717) is 6.54 Å². The van der Waals surface area contributed by atoms with Gasteiger partial charge in [-0.3, -0.25) is 9.59 Å². The monoisotopic (exact) mass is 291 g/mol. The first kappa shape index (κ1) is 15.8. The third kappa shape index (κ3) is 3.73. The number of amides is 1. The highest BCUT2D eigenvalue weighted by molar-refractivity contribution is 5.94. The minimum atomic E-state index is -0.298. The van der Waals surface area contributed by atoms with Crippen LogP contribution in [-0.4, -0.2) is 34.4 Å². The van der Waals surface area contributed by atoms with Gasteiger partial charge in [-0.15, -0.1) is 0 Å². The number of H-pyrrole nitrogens is 1. The van der Waals surface area contributed by atoms with E-state index < -0.39 is 0 Å². The fraction of sp³-hybridized carbons (Fsp3) is 0.625. The third-order valence-corrected chi connectivity index (χ3v) is 4.19. The smallest absolute Gasteiger partial charge is 0.260 e. The number of aryl methyl sites for hydroxylation is 1. The Morgan fingerprint density at radius 1 is 1.33 bits per heavy atom. The number of pyridine rings is 1. The molecule has 0 radical (unpaired) electrons. The maximum Gasteiger partial charge on any atom is 0.260 e. The minimum Gasteiger partial charge on any atom is -0.336 e. The lowest BCUT2D eigenvalue weighted by molar-refractivity contribution is 0.0625. The Hall–Kier alpha value is -1.62. The number of hydrogen-bond donors (Lipinski definition) is 2. The van der Waals surface area contributed by atoms with Gasteiger partial charge in [-0.1, -0.05) is 6.92 Å². The van der Waals surface area contributed by atoms with E-state index in [2.05, 4.69) is 4.98 Å². The molecule has 0 aromatic carbocycles. The van der Waals surface area contributed by atoms with Crippen LogP contribution >= 0.6 is 0 Å². The molecule has 0 aliphatic heterocycles. The topological polar surface area (TPSA) is 79.2 Å². The fourth-order valence-electron chi connectivity index (χ4n) is 3.00. The number of nitrogens with two attached hydrogens (primary N) is 1. The van der Waals surface area contributed by atoms with Crippen molar-refractivity contribution in [2.45, 2.75) is 58.0 Å². The highest BCUT2D eigenvalue weighted by atomic mass is 16.2. The largest absolute Gasteiger partial charge is 0.336 e. The summed E-state index contributed by atoms with van der Waals surface area (Å²) in [6, 6.07) is 3.86. The van der Waals surface area contributed by atoms with E-state index in [1.54, 1.807) is 12.1 Å². The summed E-state index contributed by atoms with van der Waals surface area (Å²) in [4.78, 5) is 29.3. The Kier molecular flexibility index (Phi) is 5.17. The molecule has 2 rings (SSSR count). The summed E-state index contributed by atoms with van der Waals surface area (Å²) >= 11 is 0. The van der Waals surface area contributed by atoms with Crippen molar-refractivity contribution in [1.82, 2.24) is 9.88 Å². The summed E-state index contributed by atoms with van der Waals surface area (Å²) in [6.45, 7) is 4.54. The number of carbonyl (C=O) groups excluding carboxylic acids is 1. The number of nitrogens with one attached hydrogen (secondary N) is 1. The van der Waals surface area contributed by atoms with Crippen LogP contribution in [-0.2, 0) is 0 Å².